The lowest BCUT2D eigenvalue weighted by molar-refractivity contribution is 0.465. The van der Waals surface area contributed by atoms with Crippen LogP contribution in [0.5, 0.6) is 0 Å². The minimum atomic E-state index is 0. The van der Waals surface area contributed by atoms with Gasteiger partial charge in [0.05, 0.1) is 10.7 Å². The monoisotopic (exact) mass is 424 g/mol. The summed E-state index contributed by atoms with van der Waals surface area (Å²) in [6.07, 6.45) is 4.39. The number of thiazole rings is 1. The predicted octanol–water partition coefficient (Wildman–Crippen LogP) is 3.48. The Morgan fingerprint density at radius 1 is 1.38 bits per heavy atom. The van der Waals surface area contributed by atoms with Crippen LogP contribution in [0.2, 0.25) is 0 Å². The van der Waals surface area contributed by atoms with Gasteiger partial charge in [-0.05, 0) is 19.8 Å². The van der Waals surface area contributed by atoms with E-state index in [4.69, 9.17) is 0 Å². The van der Waals surface area contributed by atoms with Gasteiger partial charge >= 0.3 is 0 Å². The molecule has 0 aliphatic rings. The van der Waals surface area contributed by atoms with Crippen LogP contribution >= 0.6 is 35.3 Å². The maximum Gasteiger partial charge on any atom is 0.193 e. The van der Waals surface area contributed by atoms with Crippen LogP contribution in [-0.4, -0.2) is 43.0 Å². The van der Waals surface area contributed by atoms with Crippen molar-refractivity contribution in [1.82, 2.24) is 15.2 Å². The van der Waals surface area contributed by atoms with Gasteiger partial charge in [-0.15, -0.1) is 35.3 Å². The van der Waals surface area contributed by atoms with Crippen molar-refractivity contribution in [3.05, 3.63) is 15.6 Å². The van der Waals surface area contributed by atoms with Crippen molar-refractivity contribution in [3.63, 3.8) is 0 Å². The number of rotatable bonds is 7. The van der Waals surface area contributed by atoms with Crippen LogP contribution in [0.4, 0.5) is 0 Å². The molecule has 0 amide bonds. The molecular weight excluding hydrogens is 395 g/mol. The molecule has 0 saturated heterocycles. The summed E-state index contributed by atoms with van der Waals surface area (Å²) in [5.74, 6) is 0.974. The smallest absolute Gasteiger partial charge is 0.193 e. The van der Waals surface area contributed by atoms with E-state index in [-0.39, 0.29) is 24.0 Å². The Balaban J connectivity index is 0.00000400. The Morgan fingerprint density at radius 2 is 2.10 bits per heavy atom. The fraction of sp³-hybridized carbons (Fsp3) is 0.733. The summed E-state index contributed by atoms with van der Waals surface area (Å²) in [5, 5.41) is 4.64. The van der Waals surface area contributed by atoms with Crippen LogP contribution in [0, 0.1) is 6.92 Å². The number of nitrogens with one attached hydrogen (secondary N) is 1. The zero-order valence-electron chi connectivity index (χ0n) is 13.9. The Bertz CT molecular complexity index is 431. The molecule has 6 heteroatoms. The van der Waals surface area contributed by atoms with Crippen LogP contribution in [0.3, 0.4) is 0 Å². The third kappa shape index (κ3) is 6.95. The van der Waals surface area contributed by atoms with Crippen molar-refractivity contribution in [2.45, 2.75) is 46.5 Å². The normalized spacial score (nSPS) is 11.2. The molecule has 1 N–H and O–H groups in total. The average molecular weight is 424 g/mol. The van der Waals surface area contributed by atoms with Gasteiger partial charge in [-0.1, -0.05) is 20.3 Å². The molecule has 0 aromatic carbocycles. The standard InChI is InChI=1S/C15H28N4S.HI/c1-6-8-11-19(5)15(16-4)17-10-9-14-18-13(7-2)12(3)20-14;/h6-11H2,1-5H3,(H,16,17);1H. The third-order valence-corrected chi connectivity index (χ3v) is 4.39. The van der Waals surface area contributed by atoms with E-state index in [1.54, 1.807) is 0 Å². The molecule has 4 nitrogen and oxygen atoms in total. The van der Waals surface area contributed by atoms with Crippen molar-refractivity contribution >= 4 is 41.3 Å². The second-order valence-corrected chi connectivity index (χ2v) is 6.25. The molecule has 122 valence electrons. The number of aromatic nitrogens is 1. The highest BCUT2D eigenvalue weighted by molar-refractivity contribution is 14.0. The Morgan fingerprint density at radius 3 is 2.62 bits per heavy atom. The zero-order chi connectivity index (χ0) is 15.0. The molecule has 0 unspecified atom stereocenters. The van der Waals surface area contributed by atoms with Gasteiger partial charge in [-0.2, -0.15) is 0 Å². The van der Waals surface area contributed by atoms with Crippen LogP contribution in [0.1, 0.15) is 42.3 Å². The van der Waals surface area contributed by atoms with Crippen molar-refractivity contribution < 1.29 is 0 Å². The molecule has 1 rings (SSSR count). The van der Waals surface area contributed by atoms with Gasteiger partial charge in [0.2, 0.25) is 0 Å². The van der Waals surface area contributed by atoms with Crippen molar-refractivity contribution in [2.24, 2.45) is 4.99 Å². The average Bonchev–Trinajstić information content (AvgIpc) is 2.81. The zero-order valence-corrected chi connectivity index (χ0v) is 17.0. The molecule has 0 bridgehead atoms. The van der Waals surface area contributed by atoms with Crippen molar-refractivity contribution in [1.29, 1.82) is 0 Å². The molecule has 0 fully saturated rings. The predicted molar refractivity (Wildman–Crippen MR) is 104 cm³/mol. The van der Waals surface area contributed by atoms with E-state index < -0.39 is 0 Å². The van der Waals surface area contributed by atoms with Gasteiger partial charge < -0.3 is 10.2 Å². The number of aliphatic imine (C=N–C) groups is 1. The molecule has 0 spiro atoms. The van der Waals surface area contributed by atoms with Gasteiger partial charge in [0.15, 0.2) is 5.96 Å². The lowest BCUT2D eigenvalue weighted by Crippen LogP contribution is -2.40. The largest absolute Gasteiger partial charge is 0.356 e. The first kappa shape index (κ1) is 20.6. The summed E-state index contributed by atoms with van der Waals surface area (Å²) >= 11 is 1.82. The van der Waals surface area contributed by atoms with Crippen LogP contribution in [0.25, 0.3) is 0 Å². The molecule has 1 heterocycles. The summed E-state index contributed by atoms with van der Waals surface area (Å²) in [5.41, 5.74) is 1.24. The number of unbranched alkanes of at least 4 members (excludes halogenated alkanes) is 1. The van der Waals surface area contributed by atoms with E-state index in [9.17, 15) is 0 Å². The number of guanidine groups is 1. The summed E-state index contributed by atoms with van der Waals surface area (Å²) in [4.78, 5) is 12.5. The number of hydrogen-bond acceptors (Lipinski definition) is 3. The molecule has 0 radical (unpaired) electrons. The molecule has 0 saturated carbocycles. The molecule has 1 aromatic rings. The highest BCUT2D eigenvalue weighted by Gasteiger charge is 2.07. The number of nitrogens with zero attached hydrogens (tertiary/aromatic N) is 3. The summed E-state index contributed by atoms with van der Waals surface area (Å²) in [6.45, 7) is 8.46. The lowest BCUT2D eigenvalue weighted by atomic mass is 10.3. The summed E-state index contributed by atoms with van der Waals surface area (Å²) in [7, 11) is 3.93. The maximum absolute atomic E-state index is 4.67. The number of hydrogen-bond donors (Lipinski definition) is 1. The van der Waals surface area contributed by atoms with E-state index in [0.717, 1.165) is 31.9 Å². The summed E-state index contributed by atoms with van der Waals surface area (Å²) in [6, 6.07) is 0. The van der Waals surface area contributed by atoms with Gasteiger partial charge in [-0.3, -0.25) is 4.99 Å². The molecule has 1 aromatic heterocycles. The van der Waals surface area contributed by atoms with Crippen LogP contribution < -0.4 is 5.32 Å². The van der Waals surface area contributed by atoms with E-state index in [1.165, 1.54) is 28.4 Å². The second kappa shape index (κ2) is 11.2. The van der Waals surface area contributed by atoms with E-state index >= 15 is 0 Å². The van der Waals surface area contributed by atoms with Crippen LogP contribution in [-0.2, 0) is 12.8 Å². The quantitative estimate of drug-likeness (QED) is 0.414. The first-order chi connectivity index (χ1) is 9.62. The highest BCUT2D eigenvalue weighted by Crippen LogP contribution is 2.17. The lowest BCUT2D eigenvalue weighted by Gasteiger charge is -2.21. The minimum Gasteiger partial charge on any atom is -0.356 e. The molecule has 0 aliphatic carbocycles. The fourth-order valence-electron chi connectivity index (χ4n) is 2.09. The first-order valence-electron chi connectivity index (χ1n) is 7.49. The number of aryl methyl sites for hydroxylation is 2. The van der Waals surface area contributed by atoms with Gasteiger partial charge in [0, 0.05) is 38.5 Å². The second-order valence-electron chi connectivity index (χ2n) is 4.96. The van der Waals surface area contributed by atoms with E-state index in [2.05, 4.69) is 48.0 Å². The topological polar surface area (TPSA) is 40.5 Å². The molecular formula is C15H29IN4S. The maximum atomic E-state index is 4.67. The van der Waals surface area contributed by atoms with Crippen molar-refractivity contribution in [2.75, 3.05) is 27.2 Å². The Hall–Kier alpha value is -0.370. The molecule has 0 atom stereocenters. The SMILES string of the molecule is CCCCN(C)C(=NC)NCCc1nc(CC)c(C)s1.I. The first-order valence-corrected chi connectivity index (χ1v) is 8.30. The van der Waals surface area contributed by atoms with E-state index in [0.29, 0.717) is 0 Å². The Labute approximate surface area is 150 Å². The summed E-state index contributed by atoms with van der Waals surface area (Å²) < 4.78 is 0. The number of halogens is 1. The van der Waals surface area contributed by atoms with Gasteiger partial charge in [-0.25, -0.2) is 4.98 Å². The highest BCUT2D eigenvalue weighted by atomic mass is 127. The van der Waals surface area contributed by atoms with Crippen molar-refractivity contribution in [3.8, 4) is 0 Å². The van der Waals surface area contributed by atoms with E-state index in [1.807, 2.05) is 18.4 Å². The van der Waals surface area contributed by atoms with Gasteiger partial charge in [0.25, 0.3) is 0 Å². The fourth-order valence-corrected chi connectivity index (χ4v) is 3.11. The molecule has 21 heavy (non-hydrogen) atoms. The van der Waals surface area contributed by atoms with Crippen LogP contribution in [0.15, 0.2) is 4.99 Å². The third-order valence-electron chi connectivity index (χ3n) is 3.31. The molecule has 0 aliphatic heterocycles. The Kier molecular flexibility index (Phi) is 11.0. The minimum absolute atomic E-state index is 0. The van der Waals surface area contributed by atoms with Gasteiger partial charge in [0.1, 0.15) is 0 Å².